The maximum atomic E-state index is 13.6. The van der Waals surface area contributed by atoms with Crippen molar-refractivity contribution >= 4 is 33.5 Å². The summed E-state index contributed by atoms with van der Waals surface area (Å²) in [5.74, 6) is 0. The number of nitrogens with zero attached hydrogens (tertiary/aromatic N) is 1. The fourth-order valence-electron chi connectivity index (χ4n) is 3.97. The summed E-state index contributed by atoms with van der Waals surface area (Å²) in [7, 11) is -3.85. The summed E-state index contributed by atoms with van der Waals surface area (Å²) in [5.41, 5.74) is 0.264. The van der Waals surface area contributed by atoms with E-state index in [4.69, 9.17) is 9.47 Å². The van der Waals surface area contributed by atoms with Gasteiger partial charge in [0.05, 0.1) is 11.5 Å². The minimum absolute atomic E-state index is 0.0484. The van der Waals surface area contributed by atoms with Gasteiger partial charge in [-0.1, -0.05) is 54.6 Å². The Hall–Kier alpha value is -3.41. The second kappa shape index (κ2) is 15.6. The summed E-state index contributed by atoms with van der Waals surface area (Å²) in [6.45, 7) is 6.09. The molecule has 2 N–H and O–H groups in total. The number of hydrogen-bond donors (Lipinski definition) is 2. The number of sulfonamides is 1. The molecular formula is C30H39N3O6S2. The Bertz CT molecular complexity index is 1310. The van der Waals surface area contributed by atoms with Crippen LogP contribution in [0.15, 0.2) is 83.1 Å². The average molecular weight is 602 g/mol. The molecule has 1 aromatic heterocycles. The van der Waals surface area contributed by atoms with Crippen molar-refractivity contribution in [1.29, 1.82) is 0 Å². The predicted molar refractivity (Wildman–Crippen MR) is 160 cm³/mol. The third-order valence-electron chi connectivity index (χ3n) is 5.90. The van der Waals surface area contributed by atoms with Gasteiger partial charge in [-0.15, -0.1) is 11.3 Å². The highest BCUT2D eigenvalue weighted by molar-refractivity contribution is 7.89. The van der Waals surface area contributed by atoms with Gasteiger partial charge in [-0.3, -0.25) is 0 Å². The first-order chi connectivity index (χ1) is 19.5. The van der Waals surface area contributed by atoms with Crippen molar-refractivity contribution in [3.05, 3.63) is 88.6 Å². The van der Waals surface area contributed by atoms with Crippen molar-refractivity contribution in [1.82, 2.24) is 14.9 Å². The minimum atomic E-state index is -3.85. The van der Waals surface area contributed by atoms with E-state index in [2.05, 4.69) is 10.6 Å². The van der Waals surface area contributed by atoms with E-state index in [0.717, 1.165) is 10.4 Å². The summed E-state index contributed by atoms with van der Waals surface area (Å²) in [6.07, 6.45) is 0.465. The standard InChI is InChI=1S/C30H39N3O6S2/c1-30(2,3)39-29(35)32-25(15-10-11-19-38-28(34)31-21-24-13-6-4-7-14-24)22-33(23-26-16-12-20-40-26)41(36,37)27-17-8-5-9-18-27/h4-9,12-14,16-18,20,25H,10-11,15,19,21-23H2,1-3H3,(H,31,34)(H,32,35)/t25-/m0/s1. The molecule has 2 aromatic carbocycles. The van der Waals surface area contributed by atoms with Crippen molar-refractivity contribution in [2.75, 3.05) is 13.2 Å². The smallest absolute Gasteiger partial charge is 0.407 e. The zero-order valence-corrected chi connectivity index (χ0v) is 25.4. The number of carbonyl (C=O) groups is 2. The molecule has 0 bridgehead atoms. The lowest BCUT2D eigenvalue weighted by atomic mass is 10.1. The van der Waals surface area contributed by atoms with Crippen LogP contribution in [-0.2, 0) is 32.6 Å². The molecule has 0 spiro atoms. The van der Waals surface area contributed by atoms with Crippen LogP contribution in [0.2, 0.25) is 0 Å². The van der Waals surface area contributed by atoms with Gasteiger partial charge in [0.25, 0.3) is 0 Å². The number of nitrogens with one attached hydrogen (secondary N) is 2. The maximum absolute atomic E-state index is 13.6. The van der Waals surface area contributed by atoms with E-state index in [-0.39, 0.29) is 24.6 Å². The fraction of sp³-hybridized carbons (Fsp3) is 0.400. The Morgan fingerprint density at radius 2 is 1.61 bits per heavy atom. The molecule has 3 rings (SSSR count). The molecule has 0 fully saturated rings. The van der Waals surface area contributed by atoms with Crippen LogP contribution < -0.4 is 10.6 Å². The number of amides is 2. The Labute approximate surface area is 246 Å². The van der Waals surface area contributed by atoms with Gasteiger partial charge in [0, 0.05) is 30.6 Å². The minimum Gasteiger partial charge on any atom is -0.450 e. The van der Waals surface area contributed by atoms with Crippen molar-refractivity contribution in [3.8, 4) is 0 Å². The van der Waals surface area contributed by atoms with Crippen LogP contribution in [0.25, 0.3) is 0 Å². The van der Waals surface area contributed by atoms with E-state index in [0.29, 0.717) is 25.8 Å². The molecule has 11 heteroatoms. The lowest BCUT2D eigenvalue weighted by molar-refractivity contribution is 0.0494. The molecular weight excluding hydrogens is 562 g/mol. The van der Waals surface area contributed by atoms with Gasteiger partial charge in [-0.2, -0.15) is 4.31 Å². The molecule has 0 saturated heterocycles. The normalized spacial score (nSPS) is 12.5. The molecule has 0 aliphatic heterocycles. The highest BCUT2D eigenvalue weighted by Crippen LogP contribution is 2.22. The van der Waals surface area contributed by atoms with Crippen LogP contribution in [-0.4, -0.2) is 49.7 Å². The van der Waals surface area contributed by atoms with Crippen molar-refractivity contribution in [2.45, 2.75) is 69.7 Å². The van der Waals surface area contributed by atoms with E-state index in [9.17, 15) is 18.0 Å². The third kappa shape index (κ3) is 11.5. The first kappa shape index (κ1) is 32.1. The molecule has 0 aliphatic rings. The maximum Gasteiger partial charge on any atom is 0.407 e. The number of ether oxygens (including phenoxy) is 2. The molecule has 1 atom stereocenters. The van der Waals surface area contributed by atoms with Crippen molar-refractivity contribution in [2.24, 2.45) is 0 Å². The quantitative estimate of drug-likeness (QED) is 0.222. The summed E-state index contributed by atoms with van der Waals surface area (Å²) >= 11 is 1.47. The molecule has 41 heavy (non-hydrogen) atoms. The molecule has 0 aliphatic carbocycles. The lowest BCUT2D eigenvalue weighted by Gasteiger charge is -2.29. The van der Waals surface area contributed by atoms with E-state index >= 15 is 0 Å². The van der Waals surface area contributed by atoms with Gasteiger partial charge in [0.2, 0.25) is 10.0 Å². The van der Waals surface area contributed by atoms with E-state index < -0.39 is 33.9 Å². The fourth-order valence-corrected chi connectivity index (χ4v) is 6.26. The zero-order chi connectivity index (χ0) is 29.7. The van der Waals surface area contributed by atoms with Crippen LogP contribution in [0, 0.1) is 0 Å². The third-order valence-corrected chi connectivity index (χ3v) is 8.58. The number of alkyl carbamates (subject to hydrolysis) is 2. The highest BCUT2D eigenvalue weighted by atomic mass is 32.2. The number of benzene rings is 2. The summed E-state index contributed by atoms with van der Waals surface area (Å²) < 4.78 is 39.4. The number of thiophene rings is 1. The molecule has 2 amide bonds. The van der Waals surface area contributed by atoms with E-state index in [1.54, 1.807) is 51.1 Å². The lowest BCUT2D eigenvalue weighted by Crippen LogP contribution is -2.47. The number of rotatable bonds is 14. The van der Waals surface area contributed by atoms with E-state index in [1.807, 2.05) is 47.8 Å². The zero-order valence-electron chi connectivity index (χ0n) is 23.7. The largest absolute Gasteiger partial charge is 0.450 e. The summed E-state index contributed by atoms with van der Waals surface area (Å²) in [5, 5.41) is 7.48. The summed E-state index contributed by atoms with van der Waals surface area (Å²) in [4.78, 5) is 25.8. The van der Waals surface area contributed by atoms with Gasteiger partial charge in [-0.05, 0) is 69.2 Å². The predicted octanol–water partition coefficient (Wildman–Crippen LogP) is 5.93. The molecule has 0 saturated carbocycles. The van der Waals surface area contributed by atoms with Crippen LogP contribution in [0.5, 0.6) is 0 Å². The molecule has 0 unspecified atom stereocenters. The van der Waals surface area contributed by atoms with E-state index in [1.165, 1.54) is 15.6 Å². The van der Waals surface area contributed by atoms with Crippen molar-refractivity contribution < 1.29 is 27.5 Å². The second-order valence-electron chi connectivity index (χ2n) is 10.5. The van der Waals surface area contributed by atoms with Crippen LogP contribution in [0.3, 0.4) is 0 Å². The van der Waals surface area contributed by atoms with Crippen LogP contribution in [0.4, 0.5) is 9.59 Å². The van der Waals surface area contributed by atoms with Gasteiger partial charge >= 0.3 is 12.2 Å². The first-order valence-electron chi connectivity index (χ1n) is 13.5. The Kier molecular flexibility index (Phi) is 12.2. The highest BCUT2D eigenvalue weighted by Gasteiger charge is 2.29. The van der Waals surface area contributed by atoms with Gasteiger partial charge in [0.1, 0.15) is 5.60 Å². The Morgan fingerprint density at radius 3 is 2.24 bits per heavy atom. The van der Waals surface area contributed by atoms with Gasteiger partial charge in [0.15, 0.2) is 0 Å². The van der Waals surface area contributed by atoms with Gasteiger partial charge < -0.3 is 20.1 Å². The first-order valence-corrected chi connectivity index (χ1v) is 15.9. The molecule has 0 radical (unpaired) electrons. The number of unbranched alkanes of at least 4 members (excludes halogenated alkanes) is 1. The van der Waals surface area contributed by atoms with Crippen LogP contribution in [0.1, 0.15) is 50.5 Å². The molecule has 1 heterocycles. The second-order valence-corrected chi connectivity index (χ2v) is 13.5. The average Bonchev–Trinajstić information content (AvgIpc) is 3.44. The number of hydrogen-bond acceptors (Lipinski definition) is 7. The van der Waals surface area contributed by atoms with Crippen LogP contribution >= 0.6 is 11.3 Å². The molecule has 3 aromatic rings. The summed E-state index contributed by atoms with van der Waals surface area (Å²) in [6, 6.07) is 21.0. The molecule has 222 valence electrons. The number of carbonyl (C=O) groups excluding carboxylic acids is 2. The Balaban J connectivity index is 1.63. The van der Waals surface area contributed by atoms with Gasteiger partial charge in [-0.25, -0.2) is 18.0 Å². The monoisotopic (exact) mass is 601 g/mol. The van der Waals surface area contributed by atoms with Crippen molar-refractivity contribution in [3.63, 3.8) is 0 Å². The Morgan fingerprint density at radius 1 is 0.927 bits per heavy atom. The topological polar surface area (TPSA) is 114 Å². The SMILES string of the molecule is CC(C)(C)OC(=O)N[C@@H](CCCCOC(=O)NCc1ccccc1)CN(Cc1cccs1)S(=O)(=O)c1ccccc1. The molecule has 9 nitrogen and oxygen atoms in total.